The monoisotopic (exact) mass is 286 g/mol. The second-order valence-corrected chi connectivity index (χ2v) is 6.40. The summed E-state index contributed by atoms with van der Waals surface area (Å²) in [6.07, 6.45) is 7.97. The second kappa shape index (κ2) is 7.08. The Morgan fingerprint density at radius 1 is 1.10 bits per heavy atom. The van der Waals surface area contributed by atoms with Crippen molar-refractivity contribution in [3.05, 3.63) is 35.9 Å². The number of carbonyl (C=O) groups excluding carboxylic acids is 1. The molecule has 3 rings (SSSR count). The Labute approximate surface area is 127 Å². The summed E-state index contributed by atoms with van der Waals surface area (Å²) in [5.74, 6) is 0.237. The number of hydrogen-bond donors (Lipinski definition) is 1. The van der Waals surface area contributed by atoms with E-state index in [9.17, 15) is 4.79 Å². The topological polar surface area (TPSA) is 32.3 Å². The molecule has 3 heteroatoms. The number of amides is 1. The predicted molar refractivity (Wildman–Crippen MR) is 85.0 cm³/mol. The lowest BCUT2D eigenvalue weighted by Crippen LogP contribution is -2.35. The minimum atomic E-state index is 0.237. The molecule has 1 saturated carbocycles. The van der Waals surface area contributed by atoms with E-state index in [0.717, 1.165) is 13.1 Å². The van der Waals surface area contributed by atoms with Crippen molar-refractivity contribution in [2.75, 3.05) is 13.1 Å². The van der Waals surface area contributed by atoms with Gasteiger partial charge in [0, 0.05) is 25.0 Å². The Hall–Kier alpha value is -1.35. The van der Waals surface area contributed by atoms with Gasteiger partial charge in [0.2, 0.25) is 5.91 Å². The molecular weight excluding hydrogens is 260 g/mol. The Kier molecular flexibility index (Phi) is 4.91. The van der Waals surface area contributed by atoms with Crippen LogP contribution < -0.4 is 5.32 Å². The molecule has 2 fully saturated rings. The quantitative estimate of drug-likeness (QED) is 0.901. The van der Waals surface area contributed by atoms with Gasteiger partial charge in [0.05, 0.1) is 0 Å². The van der Waals surface area contributed by atoms with Crippen molar-refractivity contribution in [2.45, 2.75) is 57.0 Å². The zero-order valence-electron chi connectivity index (χ0n) is 12.8. The van der Waals surface area contributed by atoms with Crippen LogP contribution in [0.2, 0.25) is 0 Å². The molecule has 1 aliphatic carbocycles. The van der Waals surface area contributed by atoms with Crippen LogP contribution in [0.3, 0.4) is 0 Å². The molecule has 1 aliphatic heterocycles. The molecule has 2 aliphatic rings. The van der Waals surface area contributed by atoms with Crippen LogP contribution in [-0.4, -0.2) is 29.9 Å². The van der Waals surface area contributed by atoms with Crippen LogP contribution in [0.15, 0.2) is 30.3 Å². The first-order valence-corrected chi connectivity index (χ1v) is 8.41. The van der Waals surface area contributed by atoms with Crippen molar-refractivity contribution in [2.24, 2.45) is 0 Å². The summed E-state index contributed by atoms with van der Waals surface area (Å²) >= 11 is 0. The maximum atomic E-state index is 12.1. The van der Waals surface area contributed by atoms with Gasteiger partial charge in [0.15, 0.2) is 0 Å². The molecule has 0 spiro atoms. The van der Waals surface area contributed by atoms with Crippen LogP contribution in [0.1, 0.15) is 56.6 Å². The van der Waals surface area contributed by atoms with Crippen LogP contribution in [0.5, 0.6) is 0 Å². The van der Waals surface area contributed by atoms with Crippen LogP contribution in [0, 0.1) is 0 Å². The number of benzene rings is 1. The largest absolute Gasteiger partial charge is 0.353 e. The maximum Gasteiger partial charge on any atom is 0.221 e. The van der Waals surface area contributed by atoms with E-state index in [4.69, 9.17) is 0 Å². The fourth-order valence-corrected chi connectivity index (χ4v) is 3.76. The van der Waals surface area contributed by atoms with Crippen LogP contribution in [-0.2, 0) is 4.79 Å². The van der Waals surface area contributed by atoms with E-state index in [2.05, 4.69) is 40.5 Å². The zero-order chi connectivity index (χ0) is 14.5. The molecule has 1 heterocycles. The molecular formula is C18H26N2O. The van der Waals surface area contributed by atoms with Crippen LogP contribution in [0.4, 0.5) is 0 Å². The van der Waals surface area contributed by atoms with Crippen molar-refractivity contribution < 1.29 is 4.79 Å². The predicted octanol–water partition coefficient (Wildman–Crippen LogP) is 3.27. The summed E-state index contributed by atoms with van der Waals surface area (Å²) in [4.78, 5) is 14.5. The first kappa shape index (κ1) is 14.6. The van der Waals surface area contributed by atoms with Crippen molar-refractivity contribution in [3.8, 4) is 0 Å². The zero-order valence-corrected chi connectivity index (χ0v) is 12.8. The molecule has 1 aromatic rings. The van der Waals surface area contributed by atoms with E-state index in [1.54, 1.807) is 0 Å². The highest BCUT2D eigenvalue weighted by atomic mass is 16.1. The van der Waals surface area contributed by atoms with Crippen molar-refractivity contribution in [3.63, 3.8) is 0 Å². The first-order valence-electron chi connectivity index (χ1n) is 8.41. The van der Waals surface area contributed by atoms with E-state index in [1.807, 2.05) is 0 Å². The van der Waals surface area contributed by atoms with Crippen molar-refractivity contribution in [1.82, 2.24) is 10.2 Å². The second-order valence-electron chi connectivity index (χ2n) is 6.40. The smallest absolute Gasteiger partial charge is 0.221 e. The Morgan fingerprint density at radius 3 is 2.62 bits per heavy atom. The normalized spacial score (nSPS) is 23.5. The lowest BCUT2D eigenvalue weighted by atomic mass is 10.0. The van der Waals surface area contributed by atoms with Gasteiger partial charge >= 0.3 is 0 Å². The molecule has 0 aromatic heterocycles. The van der Waals surface area contributed by atoms with Crippen molar-refractivity contribution in [1.29, 1.82) is 0 Å². The molecule has 1 atom stereocenters. The highest BCUT2D eigenvalue weighted by Gasteiger charge is 2.26. The van der Waals surface area contributed by atoms with Crippen LogP contribution >= 0.6 is 0 Å². The molecule has 0 radical (unpaired) electrons. The highest BCUT2D eigenvalue weighted by Crippen LogP contribution is 2.31. The van der Waals surface area contributed by atoms with Gasteiger partial charge < -0.3 is 5.32 Å². The minimum Gasteiger partial charge on any atom is -0.353 e. The van der Waals surface area contributed by atoms with Gasteiger partial charge in [-0.3, -0.25) is 9.69 Å². The molecule has 1 aromatic carbocycles. The maximum absolute atomic E-state index is 12.1. The summed E-state index contributed by atoms with van der Waals surface area (Å²) < 4.78 is 0. The molecule has 1 N–H and O–H groups in total. The summed E-state index contributed by atoms with van der Waals surface area (Å²) in [7, 11) is 0. The van der Waals surface area contributed by atoms with Gasteiger partial charge in [-0.05, 0) is 37.8 Å². The summed E-state index contributed by atoms with van der Waals surface area (Å²) in [5.41, 5.74) is 1.39. The van der Waals surface area contributed by atoms with Gasteiger partial charge in [-0.15, -0.1) is 0 Å². The average Bonchev–Trinajstić information content (AvgIpc) is 3.17. The molecule has 21 heavy (non-hydrogen) atoms. The van der Waals surface area contributed by atoms with E-state index in [-0.39, 0.29) is 5.91 Å². The van der Waals surface area contributed by atoms with E-state index >= 15 is 0 Å². The summed E-state index contributed by atoms with van der Waals surface area (Å²) in [6.45, 7) is 2.01. The van der Waals surface area contributed by atoms with Gasteiger partial charge in [0.25, 0.3) is 0 Å². The Bertz CT molecular complexity index is 454. The standard InChI is InChI=1S/C18H26N2O/c21-18(19-16-9-4-5-10-16)12-14-20-13-6-11-17(20)15-7-2-1-3-8-15/h1-3,7-8,16-17H,4-6,9-14H2,(H,19,21)/t17-/m1/s1. The lowest BCUT2D eigenvalue weighted by molar-refractivity contribution is -0.122. The number of carbonyl (C=O) groups is 1. The molecule has 1 saturated heterocycles. The van der Waals surface area contributed by atoms with E-state index in [1.165, 1.54) is 44.1 Å². The Morgan fingerprint density at radius 2 is 1.86 bits per heavy atom. The van der Waals surface area contributed by atoms with Gasteiger partial charge in [0.1, 0.15) is 0 Å². The number of hydrogen-bond acceptors (Lipinski definition) is 2. The Balaban J connectivity index is 1.48. The fourth-order valence-electron chi connectivity index (χ4n) is 3.76. The van der Waals surface area contributed by atoms with Crippen LogP contribution in [0.25, 0.3) is 0 Å². The summed E-state index contributed by atoms with van der Waals surface area (Å²) in [5, 5.41) is 3.19. The minimum absolute atomic E-state index is 0.237. The number of nitrogens with one attached hydrogen (secondary N) is 1. The SMILES string of the molecule is O=C(CCN1CCC[C@@H]1c1ccccc1)NC1CCCC1. The van der Waals surface area contributed by atoms with Gasteiger partial charge in [-0.1, -0.05) is 43.2 Å². The third-order valence-corrected chi connectivity index (χ3v) is 4.89. The lowest BCUT2D eigenvalue weighted by Gasteiger charge is -2.25. The molecule has 1 amide bonds. The molecule has 0 bridgehead atoms. The highest BCUT2D eigenvalue weighted by molar-refractivity contribution is 5.76. The summed E-state index contributed by atoms with van der Waals surface area (Å²) in [6, 6.07) is 11.7. The number of nitrogens with zero attached hydrogens (tertiary/aromatic N) is 1. The third-order valence-electron chi connectivity index (χ3n) is 4.89. The number of likely N-dealkylation sites (tertiary alicyclic amines) is 1. The van der Waals surface area contributed by atoms with E-state index < -0.39 is 0 Å². The fraction of sp³-hybridized carbons (Fsp3) is 0.611. The van der Waals surface area contributed by atoms with Gasteiger partial charge in [-0.25, -0.2) is 0 Å². The van der Waals surface area contributed by atoms with Crippen molar-refractivity contribution >= 4 is 5.91 Å². The molecule has 114 valence electrons. The van der Waals surface area contributed by atoms with E-state index in [0.29, 0.717) is 18.5 Å². The average molecular weight is 286 g/mol. The molecule has 0 unspecified atom stereocenters. The first-order chi connectivity index (χ1) is 10.3. The third kappa shape index (κ3) is 3.85. The van der Waals surface area contributed by atoms with Gasteiger partial charge in [-0.2, -0.15) is 0 Å². The molecule has 3 nitrogen and oxygen atoms in total. The number of rotatable bonds is 5.